The van der Waals surface area contributed by atoms with E-state index in [9.17, 15) is 4.79 Å². The average Bonchev–Trinajstić information content (AvgIpc) is 2.66. The molecular weight excluding hydrogens is 240 g/mol. The SMILES string of the molecule is CNCc1ccc(N2CCCN(C(C)=O)CC2)nc1. The van der Waals surface area contributed by atoms with E-state index in [-0.39, 0.29) is 5.91 Å². The second-order valence-electron chi connectivity index (χ2n) is 4.90. The van der Waals surface area contributed by atoms with Gasteiger partial charge in [0.25, 0.3) is 0 Å². The van der Waals surface area contributed by atoms with E-state index in [1.165, 1.54) is 5.56 Å². The minimum absolute atomic E-state index is 0.166. The molecule has 0 spiro atoms. The predicted octanol–water partition coefficient (Wildman–Crippen LogP) is 0.860. The van der Waals surface area contributed by atoms with Gasteiger partial charge in [0.15, 0.2) is 0 Å². The van der Waals surface area contributed by atoms with Crippen LogP contribution in [-0.2, 0) is 11.3 Å². The maximum atomic E-state index is 11.4. The smallest absolute Gasteiger partial charge is 0.219 e. The van der Waals surface area contributed by atoms with Crippen molar-refractivity contribution in [3.63, 3.8) is 0 Å². The van der Waals surface area contributed by atoms with E-state index in [4.69, 9.17) is 0 Å². The molecule has 2 heterocycles. The molecule has 1 aromatic heterocycles. The quantitative estimate of drug-likeness (QED) is 0.878. The summed E-state index contributed by atoms with van der Waals surface area (Å²) >= 11 is 0. The van der Waals surface area contributed by atoms with Crippen molar-refractivity contribution in [2.75, 3.05) is 38.1 Å². The monoisotopic (exact) mass is 262 g/mol. The van der Waals surface area contributed by atoms with Crippen molar-refractivity contribution in [2.24, 2.45) is 0 Å². The fourth-order valence-electron chi connectivity index (χ4n) is 2.37. The third-order valence-electron chi connectivity index (χ3n) is 3.46. The van der Waals surface area contributed by atoms with Gasteiger partial charge < -0.3 is 15.1 Å². The summed E-state index contributed by atoms with van der Waals surface area (Å²) in [5, 5.41) is 3.11. The molecular formula is C14H22N4O. The Balaban J connectivity index is 1.99. The number of nitrogens with zero attached hydrogens (tertiary/aromatic N) is 3. The maximum Gasteiger partial charge on any atom is 0.219 e. The highest BCUT2D eigenvalue weighted by atomic mass is 16.2. The van der Waals surface area contributed by atoms with E-state index >= 15 is 0 Å². The summed E-state index contributed by atoms with van der Waals surface area (Å²) in [5.74, 6) is 1.17. The number of hydrogen-bond acceptors (Lipinski definition) is 4. The Morgan fingerprint density at radius 1 is 1.32 bits per heavy atom. The van der Waals surface area contributed by atoms with Gasteiger partial charge in [0.05, 0.1) is 0 Å². The van der Waals surface area contributed by atoms with Crippen molar-refractivity contribution >= 4 is 11.7 Å². The zero-order valence-electron chi connectivity index (χ0n) is 11.7. The summed E-state index contributed by atoms with van der Waals surface area (Å²) in [6.45, 7) is 5.94. The number of amides is 1. The molecule has 0 aliphatic carbocycles. The van der Waals surface area contributed by atoms with Crippen LogP contribution in [0.1, 0.15) is 18.9 Å². The van der Waals surface area contributed by atoms with Crippen molar-refractivity contribution in [1.29, 1.82) is 0 Å². The molecule has 5 nitrogen and oxygen atoms in total. The second-order valence-corrected chi connectivity index (χ2v) is 4.90. The summed E-state index contributed by atoms with van der Waals surface area (Å²) in [6, 6.07) is 4.17. The molecule has 0 saturated carbocycles. The summed E-state index contributed by atoms with van der Waals surface area (Å²) in [6.07, 6.45) is 2.92. The second kappa shape index (κ2) is 6.52. The Morgan fingerprint density at radius 3 is 2.79 bits per heavy atom. The number of carbonyl (C=O) groups is 1. The molecule has 0 radical (unpaired) electrons. The van der Waals surface area contributed by atoms with E-state index in [1.54, 1.807) is 6.92 Å². The number of nitrogens with one attached hydrogen (secondary N) is 1. The third-order valence-corrected chi connectivity index (χ3v) is 3.46. The minimum atomic E-state index is 0.166. The molecule has 0 atom stereocenters. The van der Waals surface area contributed by atoms with Crippen LogP contribution in [0.2, 0.25) is 0 Å². The first-order valence-electron chi connectivity index (χ1n) is 6.80. The van der Waals surface area contributed by atoms with Crippen molar-refractivity contribution in [2.45, 2.75) is 19.9 Å². The lowest BCUT2D eigenvalue weighted by Crippen LogP contribution is -2.33. The molecule has 1 saturated heterocycles. The molecule has 1 fully saturated rings. The first-order valence-corrected chi connectivity index (χ1v) is 6.80. The van der Waals surface area contributed by atoms with Crippen LogP contribution in [-0.4, -0.2) is 49.0 Å². The van der Waals surface area contributed by atoms with Crippen LogP contribution in [0.4, 0.5) is 5.82 Å². The molecule has 19 heavy (non-hydrogen) atoms. The van der Waals surface area contributed by atoms with Gasteiger partial charge in [-0.1, -0.05) is 6.07 Å². The van der Waals surface area contributed by atoms with Crippen LogP contribution in [0.5, 0.6) is 0 Å². The Labute approximate surface area is 114 Å². The molecule has 1 aliphatic heterocycles. The number of aromatic nitrogens is 1. The van der Waals surface area contributed by atoms with Gasteiger partial charge >= 0.3 is 0 Å². The number of pyridine rings is 1. The van der Waals surface area contributed by atoms with Gasteiger partial charge in [0.1, 0.15) is 5.82 Å². The highest BCUT2D eigenvalue weighted by molar-refractivity contribution is 5.73. The largest absolute Gasteiger partial charge is 0.355 e. The lowest BCUT2D eigenvalue weighted by atomic mass is 10.2. The molecule has 1 aliphatic rings. The molecule has 0 aromatic carbocycles. The molecule has 1 N–H and O–H groups in total. The summed E-state index contributed by atoms with van der Waals surface area (Å²) in [4.78, 5) is 20.1. The zero-order chi connectivity index (χ0) is 13.7. The predicted molar refractivity (Wildman–Crippen MR) is 76.1 cm³/mol. The molecule has 5 heteroatoms. The number of carbonyl (C=O) groups excluding carboxylic acids is 1. The number of anilines is 1. The van der Waals surface area contributed by atoms with Gasteiger partial charge in [-0.15, -0.1) is 0 Å². The van der Waals surface area contributed by atoms with E-state index in [0.717, 1.165) is 45.0 Å². The maximum absolute atomic E-state index is 11.4. The van der Waals surface area contributed by atoms with Gasteiger partial charge in [-0.05, 0) is 25.1 Å². The van der Waals surface area contributed by atoms with Crippen molar-refractivity contribution in [1.82, 2.24) is 15.2 Å². The fourth-order valence-corrected chi connectivity index (χ4v) is 2.37. The molecule has 1 amide bonds. The van der Waals surface area contributed by atoms with Gasteiger partial charge in [0, 0.05) is 45.8 Å². The fraction of sp³-hybridized carbons (Fsp3) is 0.571. The lowest BCUT2D eigenvalue weighted by molar-refractivity contribution is -0.128. The molecule has 0 unspecified atom stereocenters. The Hall–Kier alpha value is -1.62. The number of hydrogen-bond donors (Lipinski definition) is 1. The zero-order valence-corrected chi connectivity index (χ0v) is 11.7. The average molecular weight is 262 g/mol. The lowest BCUT2D eigenvalue weighted by Gasteiger charge is -2.22. The van der Waals surface area contributed by atoms with Crippen LogP contribution in [0.15, 0.2) is 18.3 Å². The highest BCUT2D eigenvalue weighted by Gasteiger charge is 2.17. The minimum Gasteiger partial charge on any atom is -0.355 e. The van der Waals surface area contributed by atoms with Crippen LogP contribution in [0.25, 0.3) is 0 Å². The van der Waals surface area contributed by atoms with Crippen LogP contribution in [0, 0.1) is 0 Å². The Kier molecular flexibility index (Phi) is 4.74. The Morgan fingerprint density at radius 2 is 2.16 bits per heavy atom. The molecule has 104 valence electrons. The normalized spacial score (nSPS) is 16.3. The molecule has 0 bridgehead atoms. The Bertz CT molecular complexity index is 418. The summed E-state index contributed by atoms with van der Waals surface area (Å²) < 4.78 is 0. The topological polar surface area (TPSA) is 48.5 Å². The first kappa shape index (κ1) is 13.8. The first-order chi connectivity index (χ1) is 9.20. The van der Waals surface area contributed by atoms with Crippen molar-refractivity contribution in [3.8, 4) is 0 Å². The standard InChI is InChI=1S/C14H22N4O/c1-12(19)17-6-3-7-18(9-8-17)14-5-4-13(10-15-2)11-16-14/h4-5,11,15H,3,6-10H2,1-2H3. The number of rotatable bonds is 3. The highest BCUT2D eigenvalue weighted by Crippen LogP contribution is 2.14. The van der Waals surface area contributed by atoms with Crippen LogP contribution < -0.4 is 10.2 Å². The van der Waals surface area contributed by atoms with E-state index in [0.29, 0.717) is 0 Å². The van der Waals surface area contributed by atoms with Crippen molar-refractivity contribution in [3.05, 3.63) is 23.9 Å². The van der Waals surface area contributed by atoms with E-state index in [2.05, 4.69) is 27.3 Å². The third kappa shape index (κ3) is 3.67. The van der Waals surface area contributed by atoms with Gasteiger partial charge in [-0.2, -0.15) is 0 Å². The van der Waals surface area contributed by atoms with Crippen molar-refractivity contribution < 1.29 is 4.79 Å². The molecule has 2 rings (SSSR count). The summed E-state index contributed by atoms with van der Waals surface area (Å²) in [5.41, 5.74) is 1.19. The van der Waals surface area contributed by atoms with Crippen LogP contribution in [0.3, 0.4) is 0 Å². The van der Waals surface area contributed by atoms with E-state index in [1.807, 2.05) is 18.1 Å². The van der Waals surface area contributed by atoms with Gasteiger partial charge in [0.2, 0.25) is 5.91 Å². The van der Waals surface area contributed by atoms with E-state index < -0.39 is 0 Å². The summed E-state index contributed by atoms with van der Waals surface area (Å²) in [7, 11) is 1.93. The van der Waals surface area contributed by atoms with Gasteiger partial charge in [-0.25, -0.2) is 4.98 Å². The van der Waals surface area contributed by atoms with Crippen LogP contribution >= 0.6 is 0 Å². The van der Waals surface area contributed by atoms with Gasteiger partial charge in [-0.3, -0.25) is 4.79 Å². The molecule has 1 aromatic rings.